The summed E-state index contributed by atoms with van der Waals surface area (Å²) in [5, 5.41) is 7.48. The van der Waals surface area contributed by atoms with Crippen LogP contribution in [0.1, 0.15) is 27.6 Å². The molecular formula is C18H25ClN4OS. The summed E-state index contributed by atoms with van der Waals surface area (Å²) in [6.45, 7) is 9.27. The first-order valence-corrected chi connectivity index (χ1v) is 9.09. The van der Waals surface area contributed by atoms with Crippen LogP contribution in [-0.4, -0.2) is 42.0 Å². The fourth-order valence-corrected chi connectivity index (χ4v) is 4.13. The number of hydrogen-bond acceptors (Lipinski definition) is 5. The second-order valence-electron chi connectivity index (χ2n) is 6.26. The van der Waals surface area contributed by atoms with Crippen molar-refractivity contribution in [1.29, 1.82) is 0 Å². The van der Waals surface area contributed by atoms with Crippen molar-refractivity contribution in [2.24, 2.45) is 0 Å². The minimum absolute atomic E-state index is 0. The number of hydrogen-bond donors (Lipinski definition) is 2. The molecule has 1 atom stereocenters. The number of thiophene rings is 1. The van der Waals surface area contributed by atoms with E-state index in [9.17, 15) is 4.79 Å². The maximum Gasteiger partial charge on any atom is 0.239 e. The van der Waals surface area contributed by atoms with E-state index in [2.05, 4.69) is 47.4 Å². The third-order valence-corrected chi connectivity index (χ3v) is 5.93. The van der Waals surface area contributed by atoms with Crippen molar-refractivity contribution in [2.75, 3.05) is 31.5 Å². The van der Waals surface area contributed by atoms with Crippen molar-refractivity contribution in [2.45, 2.75) is 26.8 Å². The van der Waals surface area contributed by atoms with Crippen molar-refractivity contribution < 1.29 is 4.79 Å². The maximum atomic E-state index is 12.5. The van der Waals surface area contributed by atoms with Crippen LogP contribution < -0.4 is 10.6 Å². The predicted octanol–water partition coefficient (Wildman–Crippen LogP) is 3.08. The summed E-state index contributed by atoms with van der Waals surface area (Å²) in [4.78, 5) is 20.3. The zero-order valence-electron chi connectivity index (χ0n) is 14.8. The van der Waals surface area contributed by atoms with Crippen LogP contribution in [0.5, 0.6) is 0 Å². The molecule has 0 spiro atoms. The van der Waals surface area contributed by atoms with Gasteiger partial charge in [0.1, 0.15) is 0 Å². The standard InChI is InChI=1S/C18H24N4OS.ClH/c1-12-13(2)18(24-14(12)3)21-17(23)11-22-8-7-20-10-16(22)15-5-4-6-19-9-15;/h4-6,9,16,20H,7-8,10-11H2,1-3H3,(H,21,23);1H. The summed E-state index contributed by atoms with van der Waals surface area (Å²) >= 11 is 1.66. The number of aryl methyl sites for hydroxylation is 1. The molecule has 5 nitrogen and oxygen atoms in total. The summed E-state index contributed by atoms with van der Waals surface area (Å²) < 4.78 is 0. The van der Waals surface area contributed by atoms with Gasteiger partial charge in [-0.25, -0.2) is 0 Å². The summed E-state index contributed by atoms with van der Waals surface area (Å²) in [6, 6.07) is 4.21. The number of amides is 1. The van der Waals surface area contributed by atoms with Gasteiger partial charge in [-0.1, -0.05) is 6.07 Å². The van der Waals surface area contributed by atoms with Gasteiger partial charge in [-0.05, 0) is 43.5 Å². The Morgan fingerprint density at radius 2 is 2.20 bits per heavy atom. The lowest BCUT2D eigenvalue weighted by Crippen LogP contribution is -2.48. The molecule has 1 aliphatic heterocycles. The molecule has 0 radical (unpaired) electrons. The summed E-state index contributed by atoms with van der Waals surface area (Å²) in [5.74, 6) is 0.0511. The van der Waals surface area contributed by atoms with Gasteiger partial charge in [0, 0.05) is 42.9 Å². The van der Waals surface area contributed by atoms with E-state index in [4.69, 9.17) is 0 Å². The van der Waals surface area contributed by atoms with E-state index in [0.717, 1.165) is 30.2 Å². The molecule has 1 unspecified atom stereocenters. The minimum atomic E-state index is 0. The molecule has 3 rings (SSSR count). The molecule has 0 aliphatic carbocycles. The van der Waals surface area contributed by atoms with Gasteiger partial charge in [0.05, 0.1) is 11.5 Å². The van der Waals surface area contributed by atoms with Gasteiger partial charge in [-0.15, -0.1) is 23.7 Å². The minimum Gasteiger partial charge on any atom is -0.316 e. The lowest BCUT2D eigenvalue weighted by molar-refractivity contribution is -0.118. The van der Waals surface area contributed by atoms with Crippen molar-refractivity contribution >= 4 is 34.7 Å². The first-order chi connectivity index (χ1) is 11.6. The Morgan fingerprint density at radius 1 is 1.40 bits per heavy atom. The average Bonchev–Trinajstić information content (AvgIpc) is 2.83. The van der Waals surface area contributed by atoms with Crippen LogP contribution in [0.4, 0.5) is 5.00 Å². The van der Waals surface area contributed by atoms with Crippen LogP contribution in [0, 0.1) is 20.8 Å². The lowest BCUT2D eigenvalue weighted by atomic mass is 10.1. The van der Waals surface area contributed by atoms with E-state index in [1.165, 1.54) is 16.0 Å². The molecule has 136 valence electrons. The smallest absolute Gasteiger partial charge is 0.239 e. The topological polar surface area (TPSA) is 57.3 Å². The third kappa shape index (κ3) is 4.58. The number of carbonyl (C=O) groups is 1. The van der Waals surface area contributed by atoms with Crippen LogP contribution in [0.2, 0.25) is 0 Å². The van der Waals surface area contributed by atoms with Crippen molar-refractivity contribution in [1.82, 2.24) is 15.2 Å². The molecule has 1 fully saturated rings. The summed E-state index contributed by atoms with van der Waals surface area (Å²) in [5.41, 5.74) is 3.59. The number of carbonyl (C=O) groups excluding carboxylic acids is 1. The lowest BCUT2D eigenvalue weighted by Gasteiger charge is -2.35. The predicted molar refractivity (Wildman–Crippen MR) is 106 cm³/mol. The molecule has 2 aromatic heterocycles. The monoisotopic (exact) mass is 380 g/mol. The molecule has 0 saturated carbocycles. The van der Waals surface area contributed by atoms with Crippen LogP contribution in [0.25, 0.3) is 0 Å². The van der Waals surface area contributed by atoms with Crippen LogP contribution in [-0.2, 0) is 4.79 Å². The Labute approximate surface area is 159 Å². The van der Waals surface area contributed by atoms with Gasteiger partial charge < -0.3 is 10.6 Å². The van der Waals surface area contributed by atoms with Crippen molar-refractivity contribution in [3.8, 4) is 0 Å². The molecule has 2 aromatic rings. The summed E-state index contributed by atoms with van der Waals surface area (Å²) in [6.07, 6.45) is 3.67. The zero-order valence-corrected chi connectivity index (χ0v) is 16.5. The molecule has 25 heavy (non-hydrogen) atoms. The largest absolute Gasteiger partial charge is 0.316 e. The highest BCUT2D eigenvalue weighted by Crippen LogP contribution is 2.31. The average molecular weight is 381 g/mol. The number of aromatic nitrogens is 1. The highest BCUT2D eigenvalue weighted by atomic mass is 35.5. The molecule has 0 bridgehead atoms. The van der Waals surface area contributed by atoms with Gasteiger partial charge in [0.2, 0.25) is 5.91 Å². The molecule has 2 N–H and O–H groups in total. The summed E-state index contributed by atoms with van der Waals surface area (Å²) in [7, 11) is 0. The SMILES string of the molecule is Cc1sc(NC(=O)CN2CCNCC2c2cccnc2)c(C)c1C.Cl. The first kappa shape index (κ1) is 19.8. The van der Waals surface area contributed by atoms with E-state index < -0.39 is 0 Å². The number of rotatable bonds is 4. The van der Waals surface area contributed by atoms with Gasteiger partial charge in [0.15, 0.2) is 0 Å². The van der Waals surface area contributed by atoms with Gasteiger partial charge in [-0.2, -0.15) is 0 Å². The Kier molecular flexibility index (Phi) is 6.95. The normalized spacial score (nSPS) is 17.8. The van der Waals surface area contributed by atoms with Crippen LogP contribution in [0.3, 0.4) is 0 Å². The van der Waals surface area contributed by atoms with Gasteiger partial charge in [-0.3, -0.25) is 14.7 Å². The van der Waals surface area contributed by atoms with E-state index in [1.54, 1.807) is 17.5 Å². The molecule has 1 saturated heterocycles. The molecule has 3 heterocycles. The first-order valence-electron chi connectivity index (χ1n) is 8.27. The number of piperazine rings is 1. The Bertz CT molecular complexity index is 719. The second-order valence-corrected chi connectivity index (χ2v) is 7.49. The molecule has 1 amide bonds. The van der Waals surface area contributed by atoms with Crippen molar-refractivity contribution in [3.63, 3.8) is 0 Å². The number of halogens is 1. The third-order valence-electron chi connectivity index (χ3n) is 4.71. The van der Waals surface area contributed by atoms with E-state index in [-0.39, 0.29) is 24.4 Å². The molecule has 7 heteroatoms. The van der Waals surface area contributed by atoms with E-state index in [0.29, 0.717) is 6.54 Å². The fourth-order valence-electron chi connectivity index (χ4n) is 3.05. The van der Waals surface area contributed by atoms with Gasteiger partial charge >= 0.3 is 0 Å². The van der Waals surface area contributed by atoms with Crippen molar-refractivity contribution in [3.05, 3.63) is 46.1 Å². The Morgan fingerprint density at radius 3 is 2.84 bits per heavy atom. The van der Waals surface area contributed by atoms with Gasteiger partial charge in [0.25, 0.3) is 0 Å². The van der Waals surface area contributed by atoms with Crippen LogP contribution in [0.15, 0.2) is 24.5 Å². The Balaban J connectivity index is 0.00000225. The molecular weight excluding hydrogens is 356 g/mol. The van der Waals surface area contributed by atoms with E-state index >= 15 is 0 Å². The number of anilines is 1. The fraction of sp³-hybridized carbons (Fsp3) is 0.444. The number of pyridine rings is 1. The zero-order chi connectivity index (χ0) is 17.1. The highest BCUT2D eigenvalue weighted by Gasteiger charge is 2.26. The number of nitrogens with zero attached hydrogens (tertiary/aromatic N) is 2. The van der Waals surface area contributed by atoms with E-state index in [1.807, 2.05) is 12.3 Å². The quantitative estimate of drug-likeness (QED) is 0.855. The van der Waals surface area contributed by atoms with Crippen LogP contribution >= 0.6 is 23.7 Å². The second kappa shape index (κ2) is 8.76. The molecule has 1 aliphatic rings. The Hall–Kier alpha value is -1.47. The maximum absolute atomic E-state index is 12.5. The molecule has 0 aromatic carbocycles. The number of nitrogens with one attached hydrogen (secondary N) is 2. The highest BCUT2D eigenvalue weighted by molar-refractivity contribution is 7.16.